The Hall–Kier alpha value is 1.32. The molecule has 0 aromatic heterocycles. The third-order valence-electron chi connectivity index (χ3n) is 0. The van der Waals surface area contributed by atoms with E-state index in [1.54, 1.807) is 0 Å². The standard InChI is InChI=1S/Mg.Ni.H4O4Si.2H/c;;1-5(2,3)4;;/h;;1-4H;;. The van der Waals surface area contributed by atoms with Crippen molar-refractivity contribution >= 4 is 32.1 Å². The van der Waals surface area contributed by atoms with Crippen molar-refractivity contribution in [3.63, 3.8) is 0 Å². The molecule has 46 valence electrons. The summed E-state index contributed by atoms with van der Waals surface area (Å²) in [5.74, 6) is 0. The van der Waals surface area contributed by atoms with Crippen LogP contribution >= 0.6 is 0 Å². The van der Waals surface area contributed by atoms with E-state index in [9.17, 15) is 0 Å². The second-order valence-corrected chi connectivity index (χ2v) is 1.80. The molecular weight excluding hydrogens is 175 g/mol. The third kappa shape index (κ3) is 119. The normalized spacial score (nSPS) is 8.57. The van der Waals surface area contributed by atoms with Crippen LogP contribution in [0.25, 0.3) is 0 Å². The van der Waals surface area contributed by atoms with Crippen molar-refractivity contribution in [3.05, 3.63) is 0 Å². The van der Waals surface area contributed by atoms with Crippen LogP contribution < -0.4 is 0 Å². The molecule has 0 atom stereocenters. The molecule has 0 amide bonds. The molecule has 0 aliphatic rings. The quantitative estimate of drug-likeness (QED) is 0.292. The molecule has 4 nitrogen and oxygen atoms in total. The molecule has 0 aromatic rings. The molecule has 0 aliphatic carbocycles. The minimum absolute atomic E-state index is 0. The molecule has 0 bridgehead atoms. The van der Waals surface area contributed by atoms with Gasteiger partial charge in [0.15, 0.2) is 0 Å². The summed E-state index contributed by atoms with van der Waals surface area (Å²) >= 11 is 0. The minimum atomic E-state index is -4.61. The molecule has 0 aliphatic heterocycles. The maximum atomic E-state index is 7.33. The summed E-state index contributed by atoms with van der Waals surface area (Å²) in [5.41, 5.74) is 0. The van der Waals surface area contributed by atoms with Crippen LogP contribution in [0.3, 0.4) is 0 Å². The van der Waals surface area contributed by atoms with Gasteiger partial charge >= 0.3 is 32.1 Å². The summed E-state index contributed by atoms with van der Waals surface area (Å²) in [6, 6.07) is 0. The fourth-order valence-corrected chi connectivity index (χ4v) is 0. The minimum Gasteiger partial charge on any atom is -0.368 e. The molecule has 7 heavy (non-hydrogen) atoms. The molecular formula is H6MgNiO4Si. The van der Waals surface area contributed by atoms with Gasteiger partial charge in [-0.1, -0.05) is 0 Å². The van der Waals surface area contributed by atoms with Gasteiger partial charge in [-0.2, -0.15) is 0 Å². The van der Waals surface area contributed by atoms with Gasteiger partial charge in [0.2, 0.25) is 0 Å². The van der Waals surface area contributed by atoms with E-state index in [1.807, 2.05) is 0 Å². The van der Waals surface area contributed by atoms with Gasteiger partial charge in [0.1, 0.15) is 0 Å². The third-order valence-corrected chi connectivity index (χ3v) is 0. The van der Waals surface area contributed by atoms with E-state index in [4.69, 9.17) is 19.2 Å². The van der Waals surface area contributed by atoms with Crippen LogP contribution in [-0.2, 0) is 16.5 Å². The Balaban J connectivity index is -0.0000000800. The van der Waals surface area contributed by atoms with Crippen LogP contribution in [-0.4, -0.2) is 51.3 Å². The molecule has 0 fully saturated rings. The zero-order valence-electron chi connectivity index (χ0n) is 2.61. The second kappa shape index (κ2) is 5.45. The van der Waals surface area contributed by atoms with Gasteiger partial charge in [0.05, 0.1) is 0 Å². The topological polar surface area (TPSA) is 80.9 Å². The molecule has 0 radical (unpaired) electrons. The van der Waals surface area contributed by atoms with Gasteiger partial charge in [-0.15, -0.1) is 0 Å². The number of rotatable bonds is 0. The first kappa shape index (κ1) is 15.8. The Morgan fingerprint density at radius 2 is 0.857 bits per heavy atom. The second-order valence-electron chi connectivity index (χ2n) is 0.600. The van der Waals surface area contributed by atoms with Gasteiger partial charge in [-0.05, 0) is 0 Å². The summed E-state index contributed by atoms with van der Waals surface area (Å²) in [5, 5.41) is 0. The van der Waals surface area contributed by atoms with Crippen molar-refractivity contribution in [2.75, 3.05) is 0 Å². The van der Waals surface area contributed by atoms with E-state index < -0.39 is 9.05 Å². The summed E-state index contributed by atoms with van der Waals surface area (Å²) < 4.78 is 0. The van der Waals surface area contributed by atoms with Crippen molar-refractivity contribution in [2.45, 2.75) is 0 Å². The van der Waals surface area contributed by atoms with E-state index in [-0.39, 0.29) is 39.5 Å². The molecule has 0 spiro atoms. The Morgan fingerprint density at radius 3 is 0.857 bits per heavy atom. The fraction of sp³-hybridized carbons (Fsp3) is 0. The summed E-state index contributed by atoms with van der Waals surface area (Å²) in [4.78, 5) is 29.3. The molecule has 0 unspecified atom stereocenters. The average Bonchev–Trinajstić information content (AvgIpc) is 0.722. The number of hydrogen-bond acceptors (Lipinski definition) is 4. The Morgan fingerprint density at radius 1 is 0.857 bits per heavy atom. The van der Waals surface area contributed by atoms with Crippen LogP contribution in [0.5, 0.6) is 0 Å². The van der Waals surface area contributed by atoms with Crippen LogP contribution in [0.2, 0.25) is 0 Å². The molecule has 0 rings (SSSR count). The van der Waals surface area contributed by atoms with E-state index >= 15 is 0 Å². The van der Waals surface area contributed by atoms with Gasteiger partial charge in [-0.3, -0.25) is 0 Å². The first-order valence-electron chi connectivity index (χ1n) is 0.894. The van der Waals surface area contributed by atoms with Crippen LogP contribution in [0.15, 0.2) is 0 Å². The summed E-state index contributed by atoms with van der Waals surface area (Å²) in [7, 11) is -4.61. The first-order valence-corrected chi connectivity index (χ1v) is 2.68. The van der Waals surface area contributed by atoms with Gasteiger partial charge in [0, 0.05) is 16.5 Å². The molecule has 7 heteroatoms. The molecule has 4 N–H and O–H groups in total. The SMILES string of the molecule is O[Si](O)(O)O.[MgH2].[Ni]. The Kier molecular flexibility index (Phi) is 12.3. The van der Waals surface area contributed by atoms with E-state index in [0.717, 1.165) is 0 Å². The number of hydrogen-bond donors (Lipinski definition) is 4. The van der Waals surface area contributed by atoms with E-state index in [2.05, 4.69) is 0 Å². The van der Waals surface area contributed by atoms with Crippen molar-refractivity contribution in [2.24, 2.45) is 0 Å². The van der Waals surface area contributed by atoms with Gasteiger partial charge < -0.3 is 19.2 Å². The van der Waals surface area contributed by atoms with Gasteiger partial charge in [-0.25, -0.2) is 0 Å². The Bertz CT molecular complexity index is 27.2. The monoisotopic (exact) mass is 180 g/mol. The summed E-state index contributed by atoms with van der Waals surface area (Å²) in [6.07, 6.45) is 0. The van der Waals surface area contributed by atoms with E-state index in [1.165, 1.54) is 0 Å². The van der Waals surface area contributed by atoms with E-state index in [0.29, 0.717) is 0 Å². The Labute approximate surface area is 67.7 Å². The van der Waals surface area contributed by atoms with Crippen molar-refractivity contribution in [3.8, 4) is 0 Å². The van der Waals surface area contributed by atoms with Crippen LogP contribution in [0.1, 0.15) is 0 Å². The molecule has 0 aromatic carbocycles. The zero-order valence-corrected chi connectivity index (χ0v) is 4.59. The smallest absolute Gasteiger partial charge is 0.368 e. The van der Waals surface area contributed by atoms with Gasteiger partial charge in [0.25, 0.3) is 0 Å². The molecule has 0 saturated heterocycles. The summed E-state index contributed by atoms with van der Waals surface area (Å²) in [6.45, 7) is 0. The van der Waals surface area contributed by atoms with Crippen molar-refractivity contribution in [1.82, 2.24) is 0 Å². The van der Waals surface area contributed by atoms with Crippen LogP contribution in [0, 0.1) is 0 Å². The maximum Gasteiger partial charge on any atom is 0.668 e. The molecule has 0 saturated carbocycles. The largest absolute Gasteiger partial charge is 0.668 e. The molecule has 0 heterocycles. The first-order chi connectivity index (χ1) is 2.00. The van der Waals surface area contributed by atoms with Crippen LogP contribution in [0.4, 0.5) is 0 Å². The zero-order chi connectivity index (χ0) is 4.50. The predicted octanol–water partition coefficient (Wildman–Crippen LogP) is -3.53. The fourth-order valence-electron chi connectivity index (χ4n) is 0. The average molecular weight is 181 g/mol. The van der Waals surface area contributed by atoms with Crippen molar-refractivity contribution in [1.29, 1.82) is 0 Å². The maximum absolute atomic E-state index is 7.33. The van der Waals surface area contributed by atoms with Crippen molar-refractivity contribution < 1.29 is 35.7 Å². The predicted molar refractivity (Wildman–Crippen MR) is 23.2 cm³/mol.